The molecule has 3 atom stereocenters. The third-order valence-corrected chi connectivity index (χ3v) is 5.87. The lowest BCUT2D eigenvalue weighted by Gasteiger charge is -2.37. The third kappa shape index (κ3) is 5.10. The standard InChI is InChI=1S/C20H31ClN2O2/c1-15-6-7-17(21)12-19(15)23-10-8-22(9-11-23)13-18(24)14-25-20-5-3-4-16(20)2/h6-7,12,16,18,20,24H,3-5,8-11,13-14H2,1-2H3/t16-,18+,20+/m1/s1. The normalized spacial score (nSPS) is 26.2. The van der Waals surface area contributed by atoms with Gasteiger partial charge in [-0.3, -0.25) is 4.90 Å². The van der Waals surface area contributed by atoms with Crippen molar-refractivity contribution in [2.45, 2.75) is 45.3 Å². The van der Waals surface area contributed by atoms with E-state index in [4.69, 9.17) is 16.3 Å². The Morgan fingerprint density at radius 1 is 1.24 bits per heavy atom. The van der Waals surface area contributed by atoms with E-state index >= 15 is 0 Å². The fourth-order valence-corrected chi connectivity index (χ4v) is 4.21. The second kappa shape index (κ2) is 8.72. The predicted octanol–water partition coefficient (Wildman–Crippen LogP) is 3.34. The molecule has 1 aromatic rings. The molecule has 0 bridgehead atoms. The third-order valence-electron chi connectivity index (χ3n) is 5.64. The van der Waals surface area contributed by atoms with E-state index in [2.05, 4.69) is 35.8 Å². The second-order valence-electron chi connectivity index (χ2n) is 7.65. The van der Waals surface area contributed by atoms with Crippen LogP contribution in [-0.2, 0) is 4.74 Å². The molecule has 2 fully saturated rings. The Hall–Kier alpha value is -0.810. The molecule has 1 N–H and O–H groups in total. The topological polar surface area (TPSA) is 35.9 Å². The van der Waals surface area contributed by atoms with Crippen molar-refractivity contribution in [1.29, 1.82) is 0 Å². The van der Waals surface area contributed by atoms with Crippen LogP contribution in [0.4, 0.5) is 5.69 Å². The lowest BCUT2D eigenvalue weighted by Crippen LogP contribution is -2.49. The summed E-state index contributed by atoms with van der Waals surface area (Å²) in [7, 11) is 0. The minimum atomic E-state index is -0.396. The van der Waals surface area contributed by atoms with Gasteiger partial charge in [0, 0.05) is 43.4 Å². The molecule has 25 heavy (non-hydrogen) atoms. The van der Waals surface area contributed by atoms with Crippen molar-refractivity contribution >= 4 is 17.3 Å². The number of β-amino-alcohol motifs (C(OH)–C–C–N with tert-alkyl or cyclic N) is 1. The number of ether oxygens (including phenoxy) is 1. The first-order valence-electron chi connectivity index (χ1n) is 9.56. The van der Waals surface area contributed by atoms with Crippen LogP contribution in [-0.4, -0.2) is 61.5 Å². The fraction of sp³-hybridized carbons (Fsp3) is 0.700. The maximum absolute atomic E-state index is 10.3. The molecule has 1 heterocycles. The first-order chi connectivity index (χ1) is 12.0. The van der Waals surface area contributed by atoms with Gasteiger partial charge in [0.25, 0.3) is 0 Å². The molecule has 0 amide bonds. The average molecular weight is 367 g/mol. The molecule has 0 spiro atoms. The van der Waals surface area contributed by atoms with E-state index < -0.39 is 6.10 Å². The zero-order valence-corrected chi connectivity index (χ0v) is 16.2. The summed E-state index contributed by atoms with van der Waals surface area (Å²) in [6.07, 6.45) is 3.61. The van der Waals surface area contributed by atoms with Gasteiger partial charge in [0.1, 0.15) is 0 Å². The summed E-state index contributed by atoms with van der Waals surface area (Å²) in [6, 6.07) is 6.07. The Morgan fingerprint density at radius 2 is 2.00 bits per heavy atom. The number of hydrogen-bond donors (Lipinski definition) is 1. The van der Waals surface area contributed by atoms with Gasteiger partial charge in [-0.1, -0.05) is 31.0 Å². The molecule has 1 aliphatic carbocycles. The number of aliphatic hydroxyl groups is 1. The summed E-state index contributed by atoms with van der Waals surface area (Å²) in [6.45, 7) is 9.39. The lowest BCUT2D eigenvalue weighted by atomic mass is 10.1. The van der Waals surface area contributed by atoms with Crippen LogP contribution in [0.2, 0.25) is 5.02 Å². The van der Waals surface area contributed by atoms with Crippen molar-refractivity contribution in [3.05, 3.63) is 28.8 Å². The summed E-state index contributed by atoms with van der Waals surface area (Å²) in [5, 5.41) is 11.1. The van der Waals surface area contributed by atoms with Crippen molar-refractivity contribution in [3.63, 3.8) is 0 Å². The van der Waals surface area contributed by atoms with Gasteiger partial charge >= 0.3 is 0 Å². The summed E-state index contributed by atoms with van der Waals surface area (Å²) in [5.41, 5.74) is 2.49. The highest BCUT2D eigenvalue weighted by Gasteiger charge is 2.26. The Labute approximate surface area is 156 Å². The molecule has 3 rings (SSSR count). The summed E-state index contributed by atoms with van der Waals surface area (Å²) < 4.78 is 5.94. The van der Waals surface area contributed by atoms with Gasteiger partial charge in [-0.2, -0.15) is 0 Å². The minimum absolute atomic E-state index is 0.345. The zero-order chi connectivity index (χ0) is 17.8. The maximum atomic E-state index is 10.3. The number of hydrogen-bond acceptors (Lipinski definition) is 4. The van der Waals surface area contributed by atoms with Gasteiger partial charge < -0.3 is 14.7 Å². The van der Waals surface area contributed by atoms with Crippen molar-refractivity contribution < 1.29 is 9.84 Å². The molecule has 0 aromatic heterocycles. The largest absolute Gasteiger partial charge is 0.389 e. The quantitative estimate of drug-likeness (QED) is 0.837. The van der Waals surface area contributed by atoms with Crippen LogP contribution in [0.15, 0.2) is 18.2 Å². The van der Waals surface area contributed by atoms with Gasteiger partial charge in [0.05, 0.1) is 18.8 Å². The number of rotatable bonds is 6. The molecule has 0 radical (unpaired) electrons. The van der Waals surface area contributed by atoms with Crippen LogP contribution < -0.4 is 4.90 Å². The van der Waals surface area contributed by atoms with Crippen molar-refractivity contribution in [3.8, 4) is 0 Å². The Balaban J connectivity index is 1.42. The molecule has 2 aliphatic rings. The summed E-state index contributed by atoms with van der Waals surface area (Å²) in [4.78, 5) is 4.73. The number of benzene rings is 1. The van der Waals surface area contributed by atoms with Crippen molar-refractivity contribution in [2.75, 3.05) is 44.2 Å². The summed E-state index contributed by atoms with van der Waals surface area (Å²) in [5.74, 6) is 0.636. The van der Waals surface area contributed by atoms with Crippen LogP contribution >= 0.6 is 11.6 Å². The molecule has 140 valence electrons. The monoisotopic (exact) mass is 366 g/mol. The molecule has 0 unspecified atom stereocenters. The van der Waals surface area contributed by atoms with Crippen molar-refractivity contribution in [2.24, 2.45) is 5.92 Å². The zero-order valence-electron chi connectivity index (χ0n) is 15.5. The Kier molecular flexibility index (Phi) is 6.61. The van der Waals surface area contributed by atoms with Crippen LogP contribution in [0.1, 0.15) is 31.7 Å². The highest BCUT2D eigenvalue weighted by Crippen LogP contribution is 2.28. The van der Waals surface area contributed by atoms with Gasteiger partial charge in [-0.25, -0.2) is 0 Å². The SMILES string of the molecule is Cc1ccc(Cl)cc1N1CCN(C[C@H](O)CO[C@H]2CCC[C@H]2C)CC1. The van der Waals surface area contributed by atoms with Crippen molar-refractivity contribution in [1.82, 2.24) is 4.90 Å². The molecule has 1 aromatic carbocycles. The smallest absolute Gasteiger partial charge is 0.0900 e. The highest BCUT2D eigenvalue weighted by atomic mass is 35.5. The van der Waals surface area contributed by atoms with Crippen LogP contribution in [0.5, 0.6) is 0 Å². The van der Waals surface area contributed by atoms with E-state index in [0.29, 0.717) is 25.2 Å². The van der Waals surface area contributed by atoms with E-state index in [1.165, 1.54) is 24.1 Å². The molecule has 5 heteroatoms. The van der Waals surface area contributed by atoms with E-state index in [0.717, 1.165) is 37.6 Å². The van der Waals surface area contributed by atoms with E-state index in [-0.39, 0.29) is 0 Å². The van der Waals surface area contributed by atoms with Gasteiger partial charge in [-0.05, 0) is 43.4 Å². The van der Waals surface area contributed by atoms with Gasteiger partial charge in [0.15, 0.2) is 0 Å². The van der Waals surface area contributed by atoms with E-state index in [1.54, 1.807) is 0 Å². The molecule has 4 nitrogen and oxygen atoms in total. The number of anilines is 1. The van der Waals surface area contributed by atoms with Crippen LogP contribution in [0.25, 0.3) is 0 Å². The number of aliphatic hydroxyl groups excluding tert-OH is 1. The second-order valence-corrected chi connectivity index (χ2v) is 8.09. The first kappa shape index (κ1) is 19.0. The Morgan fingerprint density at radius 3 is 2.68 bits per heavy atom. The van der Waals surface area contributed by atoms with Gasteiger partial charge in [0.2, 0.25) is 0 Å². The summed E-state index contributed by atoms with van der Waals surface area (Å²) >= 11 is 6.15. The minimum Gasteiger partial charge on any atom is -0.389 e. The van der Waals surface area contributed by atoms with Gasteiger partial charge in [-0.15, -0.1) is 0 Å². The molecular weight excluding hydrogens is 336 g/mol. The predicted molar refractivity (Wildman–Crippen MR) is 104 cm³/mol. The number of piperazine rings is 1. The Bertz CT molecular complexity index is 561. The van der Waals surface area contributed by atoms with E-state index in [1.807, 2.05) is 6.07 Å². The number of nitrogens with zero attached hydrogens (tertiary/aromatic N) is 2. The fourth-order valence-electron chi connectivity index (χ4n) is 4.04. The first-order valence-corrected chi connectivity index (χ1v) is 9.94. The molecule has 1 aliphatic heterocycles. The highest BCUT2D eigenvalue weighted by molar-refractivity contribution is 6.30. The number of halogens is 1. The molecule has 1 saturated carbocycles. The van der Waals surface area contributed by atoms with E-state index in [9.17, 15) is 5.11 Å². The van der Waals surface area contributed by atoms with Crippen LogP contribution in [0.3, 0.4) is 0 Å². The maximum Gasteiger partial charge on any atom is 0.0900 e. The van der Waals surface area contributed by atoms with Crippen LogP contribution in [0, 0.1) is 12.8 Å². The molecule has 1 saturated heterocycles. The average Bonchev–Trinajstić information content (AvgIpc) is 3.01. The molecular formula is C20H31ClN2O2. The lowest BCUT2D eigenvalue weighted by molar-refractivity contribution is -0.0321. The number of aryl methyl sites for hydroxylation is 1.